The van der Waals surface area contributed by atoms with Gasteiger partial charge in [-0.05, 0) is 30.6 Å². The predicted octanol–water partition coefficient (Wildman–Crippen LogP) is 4.69. The van der Waals surface area contributed by atoms with Crippen LogP contribution in [-0.2, 0) is 9.47 Å². The third-order valence-corrected chi connectivity index (χ3v) is 8.36. The van der Waals surface area contributed by atoms with E-state index in [9.17, 15) is 0 Å². The zero-order valence-electron chi connectivity index (χ0n) is 12.4. The van der Waals surface area contributed by atoms with Crippen molar-refractivity contribution in [2.24, 2.45) is 29.6 Å². The maximum Gasteiger partial charge on any atom is 0.172 e. The van der Waals surface area contributed by atoms with Gasteiger partial charge < -0.3 is 9.47 Å². The third-order valence-electron chi connectivity index (χ3n) is 6.13. The molecule has 0 bridgehead atoms. The van der Waals surface area contributed by atoms with Crippen LogP contribution in [0.5, 0.6) is 0 Å². The van der Waals surface area contributed by atoms with Crippen LogP contribution in [0.15, 0.2) is 0 Å². The van der Waals surface area contributed by atoms with Gasteiger partial charge in [-0.3, -0.25) is 0 Å². The first-order chi connectivity index (χ1) is 9.35. The summed E-state index contributed by atoms with van der Waals surface area (Å²) >= 11 is 7.63. The molecule has 4 rings (SSSR count). The Balaban J connectivity index is 1.59. The van der Waals surface area contributed by atoms with E-state index in [0.717, 1.165) is 18.8 Å². The van der Waals surface area contributed by atoms with Crippen molar-refractivity contribution in [3.05, 3.63) is 0 Å². The topological polar surface area (TPSA) is 18.5 Å². The van der Waals surface area contributed by atoms with Crippen molar-refractivity contribution in [1.29, 1.82) is 0 Å². The summed E-state index contributed by atoms with van der Waals surface area (Å²) in [5.41, 5.74) is 0. The van der Waals surface area contributed by atoms with Gasteiger partial charge >= 0.3 is 0 Å². The molecule has 1 spiro atoms. The lowest BCUT2D eigenvalue weighted by atomic mass is 9.73. The van der Waals surface area contributed by atoms with Crippen LogP contribution in [0.1, 0.15) is 46.5 Å². The first-order valence-electron chi connectivity index (χ1n) is 8.08. The summed E-state index contributed by atoms with van der Waals surface area (Å²) in [6, 6.07) is 0. The average Bonchev–Trinajstić information content (AvgIpc) is 2.64. The molecule has 0 amide bonds. The van der Waals surface area contributed by atoms with Crippen molar-refractivity contribution in [3.63, 3.8) is 0 Å². The van der Waals surface area contributed by atoms with E-state index in [-0.39, 0.29) is 9.02 Å². The normalized spacial score (nSPS) is 56.1. The van der Waals surface area contributed by atoms with Crippen LogP contribution >= 0.6 is 31.9 Å². The molecule has 4 fully saturated rings. The Morgan fingerprint density at radius 3 is 2.60 bits per heavy atom. The Morgan fingerprint density at radius 1 is 1.15 bits per heavy atom. The molecular weight excluding hydrogens is 384 g/mol. The largest absolute Gasteiger partial charge is 0.344 e. The summed E-state index contributed by atoms with van der Waals surface area (Å²) in [5, 5.41) is 0. The Hall–Kier alpha value is 0.880. The second kappa shape index (κ2) is 4.46. The Bertz CT molecular complexity index is 425. The number of rotatable bonds is 1. The number of alkyl halides is 2. The maximum atomic E-state index is 6.67. The van der Waals surface area contributed by atoms with Crippen LogP contribution in [0.2, 0.25) is 0 Å². The van der Waals surface area contributed by atoms with Crippen molar-refractivity contribution in [3.8, 4) is 0 Å². The van der Waals surface area contributed by atoms with Gasteiger partial charge in [-0.25, -0.2) is 0 Å². The quantitative estimate of drug-likeness (QED) is 0.586. The third kappa shape index (κ3) is 1.87. The fourth-order valence-corrected chi connectivity index (χ4v) is 6.94. The van der Waals surface area contributed by atoms with Gasteiger partial charge in [0.2, 0.25) is 0 Å². The molecule has 1 saturated heterocycles. The second-order valence-electron chi connectivity index (χ2n) is 7.83. The highest BCUT2D eigenvalue weighted by atomic mass is 79.9. The minimum absolute atomic E-state index is 0.129. The maximum absolute atomic E-state index is 6.67. The van der Waals surface area contributed by atoms with E-state index in [1.165, 1.54) is 12.8 Å². The molecule has 3 aliphatic carbocycles. The molecule has 114 valence electrons. The lowest BCUT2D eigenvalue weighted by Crippen LogP contribution is -2.47. The highest BCUT2D eigenvalue weighted by molar-refractivity contribution is 9.25. The first-order valence-corrected chi connectivity index (χ1v) is 9.67. The van der Waals surface area contributed by atoms with E-state index in [2.05, 4.69) is 52.6 Å². The lowest BCUT2D eigenvalue weighted by molar-refractivity contribution is -0.247. The Labute approximate surface area is 138 Å². The standard InChI is InChI=1S/C16H24Br2O2/c1-8(2)10-5-4-9(3)7-15(10)19-12-6-11-13(14(12)20-15)16(11,17)18/h8-14H,4-7H2,1-3H3/t9-,10+,11-,12-,13-,14-,15-/m1/s1. The molecule has 2 nitrogen and oxygen atoms in total. The van der Waals surface area contributed by atoms with E-state index in [0.29, 0.717) is 35.9 Å². The fourth-order valence-electron chi connectivity index (χ4n) is 5.10. The van der Waals surface area contributed by atoms with Crippen molar-refractivity contribution in [2.75, 3.05) is 0 Å². The zero-order valence-corrected chi connectivity index (χ0v) is 15.6. The summed E-state index contributed by atoms with van der Waals surface area (Å²) in [4.78, 5) is 0. The van der Waals surface area contributed by atoms with Crippen molar-refractivity contribution < 1.29 is 9.47 Å². The highest BCUT2D eigenvalue weighted by Gasteiger charge is 2.75. The molecule has 0 aromatic heterocycles. The van der Waals surface area contributed by atoms with E-state index < -0.39 is 0 Å². The molecular formula is C16H24Br2O2. The van der Waals surface area contributed by atoms with E-state index in [1.807, 2.05) is 0 Å². The van der Waals surface area contributed by atoms with Gasteiger partial charge in [0.15, 0.2) is 5.79 Å². The van der Waals surface area contributed by atoms with Gasteiger partial charge in [-0.2, -0.15) is 0 Å². The molecule has 7 atom stereocenters. The molecule has 20 heavy (non-hydrogen) atoms. The minimum atomic E-state index is -0.287. The van der Waals surface area contributed by atoms with Crippen LogP contribution in [-0.4, -0.2) is 21.2 Å². The number of fused-ring (bicyclic) bond motifs is 3. The number of ether oxygens (including phenoxy) is 2. The van der Waals surface area contributed by atoms with Crippen molar-refractivity contribution in [1.82, 2.24) is 0 Å². The van der Waals surface area contributed by atoms with Crippen molar-refractivity contribution >= 4 is 31.9 Å². The number of halogens is 2. The second-order valence-corrected chi connectivity index (χ2v) is 11.5. The molecule has 0 radical (unpaired) electrons. The van der Waals surface area contributed by atoms with Gasteiger partial charge in [0.05, 0.1) is 15.4 Å². The molecule has 4 heteroatoms. The molecule has 0 aromatic rings. The average molecular weight is 408 g/mol. The molecule has 4 aliphatic rings. The molecule has 1 heterocycles. The minimum Gasteiger partial charge on any atom is -0.344 e. The molecule has 1 aliphatic heterocycles. The van der Waals surface area contributed by atoms with Crippen molar-refractivity contribution in [2.45, 2.75) is 67.7 Å². The molecule has 0 unspecified atom stereocenters. The highest BCUT2D eigenvalue weighted by Crippen LogP contribution is 2.72. The summed E-state index contributed by atoms with van der Waals surface area (Å²) in [5.74, 6) is 2.91. The summed E-state index contributed by atoms with van der Waals surface area (Å²) in [7, 11) is 0. The van der Waals surface area contributed by atoms with Gasteiger partial charge in [0.25, 0.3) is 0 Å². The van der Waals surface area contributed by atoms with Gasteiger partial charge in [-0.15, -0.1) is 0 Å². The monoisotopic (exact) mass is 406 g/mol. The summed E-state index contributed by atoms with van der Waals surface area (Å²) in [6.45, 7) is 6.99. The zero-order chi connectivity index (χ0) is 14.3. The van der Waals surface area contributed by atoms with Crippen LogP contribution in [0.3, 0.4) is 0 Å². The van der Waals surface area contributed by atoms with E-state index in [1.54, 1.807) is 0 Å². The van der Waals surface area contributed by atoms with Gasteiger partial charge in [0.1, 0.15) is 0 Å². The number of hydrogen-bond donors (Lipinski definition) is 0. The lowest BCUT2D eigenvalue weighted by Gasteiger charge is -2.44. The number of hydrogen-bond acceptors (Lipinski definition) is 2. The van der Waals surface area contributed by atoms with Crippen LogP contribution < -0.4 is 0 Å². The first kappa shape index (κ1) is 14.5. The summed E-state index contributed by atoms with van der Waals surface area (Å²) < 4.78 is 13.4. The van der Waals surface area contributed by atoms with Gasteiger partial charge in [-0.1, -0.05) is 59.1 Å². The molecule has 3 saturated carbocycles. The SMILES string of the molecule is CC(C)[C@@H]1CC[C@@H](C)C[C@@]12O[C@H]1[C@H]3[C@@H](C[C@H]1O2)C3(Br)Br. The van der Waals surface area contributed by atoms with E-state index in [4.69, 9.17) is 9.47 Å². The predicted molar refractivity (Wildman–Crippen MR) is 86.0 cm³/mol. The molecule has 0 N–H and O–H groups in total. The molecule has 0 aromatic carbocycles. The van der Waals surface area contributed by atoms with Crippen LogP contribution in [0, 0.1) is 29.6 Å². The Kier molecular flexibility index (Phi) is 3.22. The van der Waals surface area contributed by atoms with Crippen LogP contribution in [0.25, 0.3) is 0 Å². The Morgan fingerprint density at radius 2 is 1.90 bits per heavy atom. The van der Waals surface area contributed by atoms with E-state index >= 15 is 0 Å². The van der Waals surface area contributed by atoms with Gasteiger partial charge in [0, 0.05) is 18.3 Å². The fraction of sp³-hybridized carbons (Fsp3) is 1.00. The smallest absolute Gasteiger partial charge is 0.172 e. The summed E-state index contributed by atoms with van der Waals surface area (Å²) in [6.07, 6.45) is 5.43. The van der Waals surface area contributed by atoms with Crippen LogP contribution in [0.4, 0.5) is 0 Å².